The van der Waals surface area contributed by atoms with Crippen LogP contribution >= 0.6 is 0 Å². The minimum Gasteiger partial charge on any atom is -0.382 e. The smallest absolute Gasteiger partial charge is 0.265 e. The molecule has 0 saturated carbocycles. The van der Waals surface area contributed by atoms with E-state index in [0.29, 0.717) is 6.42 Å². The van der Waals surface area contributed by atoms with Gasteiger partial charge in [-0.2, -0.15) is 0 Å². The normalized spacial score (nSPS) is 36.0. The number of nitrogens with one attached hydrogen (secondary N) is 1. The number of hydrogen-bond donors (Lipinski definition) is 3. The van der Waals surface area contributed by atoms with Crippen molar-refractivity contribution in [2.45, 2.75) is 82.8 Å². The molecule has 2 fully saturated rings. The number of hydrogen-bond acceptors (Lipinski definition) is 5. The summed E-state index contributed by atoms with van der Waals surface area (Å²) in [5.41, 5.74) is -4.89. The molecule has 0 aromatic heterocycles. The van der Waals surface area contributed by atoms with E-state index in [2.05, 4.69) is 12.2 Å². The third-order valence-corrected chi connectivity index (χ3v) is 4.89. The van der Waals surface area contributed by atoms with E-state index in [1.54, 1.807) is 13.8 Å². The van der Waals surface area contributed by atoms with Crippen molar-refractivity contribution in [1.82, 2.24) is 5.32 Å². The van der Waals surface area contributed by atoms with Gasteiger partial charge < -0.3 is 20.3 Å². The first kappa shape index (κ1) is 17.4. The maximum Gasteiger partial charge on any atom is 0.265 e. The molecule has 22 heavy (non-hydrogen) atoms. The number of rotatable bonds is 8. The molecule has 1 amide bonds. The standard InChI is InChI=1S/C16H27NO5/c1-5-6-7-8-9-14(4,20)11(18)15-12(22-15)16(21,10(2)3)17-13(15)19/h10,12,20-21H,5-9H2,1-4H3,(H,17,19)/t12-,14+,15+,16?/m1/s1. The van der Waals surface area contributed by atoms with Gasteiger partial charge in [0, 0.05) is 5.92 Å². The number of ketones is 1. The van der Waals surface area contributed by atoms with Crippen molar-refractivity contribution >= 4 is 11.7 Å². The van der Waals surface area contributed by atoms with E-state index in [4.69, 9.17) is 4.74 Å². The molecule has 2 aliphatic rings. The van der Waals surface area contributed by atoms with Crippen LogP contribution in [0.2, 0.25) is 0 Å². The summed E-state index contributed by atoms with van der Waals surface area (Å²) in [6, 6.07) is 0. The number of carbonyl (C=O) groups excluding carboxylic acids is 2. The van der Waals surface area contributed by atoms with E-state index >= 15 is 0 Å². The van der Waals surface area contributed by atoms with Crippen molar-refractivity contribution in [1.29, 1.82) is 0 Å². The summed E-state index contributed by atoms with van der Waals surface area (Å²) >= 11 is 0. The van der Waals surface area contributed by atoms with Crippen molar-refractivity contribution < 1.29 is 24.5 Å². The maximum atomic E-state index is 12.7. The van der Waals surface area contributed by atoms with E-state index in [-0.39, 0.29) is 12.3 Å². The Morgan fingerprint density at radius 2 is 2.05 bits per heavy atom. The first-order valence-electron chi connectivity index (χ1n) is 8.13. The lowest BCUT2D eigenvalue weighted by molar-refractivity contribution is -0.150. The van der Waals surface area contributed by atoms with Crippen LogP contribution in [0.25, 0.3) is 0 Å². The second kappa shape index (κ2) is 5.58. The first-order valence-corrected chi connectivity index (χ1v) is 8.13. The minimum atomic E-state index is -1.72. The van der Waals surface area contributed by atoms with Crippen molar-refractivity contribution in [3.8, 4) is 0 Å². The average molecular weight is 313 g/mol. The number of unbranched alkanes of at least 4 members (excludes halogenated alkanes) is 3. The van der Waals surface area contributed by atoms with Gasteiger partial charge in [0.1, 0.15) is 5.60 Å². The van der Waals surface area contributed by atoms with E-state index in [1.165, 1.54) is 6.92 Å². The third-order valence-electron chi connectivity index (χ3n) is 4.89. The molecule has 4 atom stereocenters. The summed E-state index contributed by atoms with van der Waals surface area (Å²) < 4.78 is 5.33. The van der Waals surface area contributed by atoms with Gasteiger partial charge in [0.15, 0.2) is 11.8 Å². The van der Waals surface area contributed by atoms with Crippen LogP contribution in [0.1, 0.15) is 59.8 Å². The fourth-order valence-corrected chi connectivity index (χ4v) is 3.20. The number of aliphatic hydroxyl groups is 2. The van der Waals surface area contributed by atoms with Gasteiger partial charge in [-0.3, -0.25) is 9.59 Å². The van der Waals surface area contributed by atoms with Gasteiger partial charge in [-0.1, -0.05) is 46.5 Å². The molecule has 0 bridgehead atoms. The molecule has 126 valence electrons. The molecule has 2 heterocycles. The second-order valence-corrected chi connectivity index (χ2v) is 7.08. The fourth-order valence-electron chi connectivity index (χ4n) is 3.20. The summed E-state index contributed by atoms with van der Waals surface area (Å²) in [5, 5.41) is 23.4. The SMILES string of the molecule is CCCCCC[C@](C)(O)C(=O)[C@]12O[C@H]1C(O)(C(C)C)NC2=O. The first-order chi connectivity index (χ1) is 10.1. The van der Waals surface area contributed by atoms with Gasteiger partial charge in [-0.25, -0.2) is 0 Å². The highest BCUT2D eigenvalue weighted by Gasteiger charge is 2.82. The Kier molecular flexibility index (Phi) is 4.41. The molecule has 0 aromatic carbocycles. The summed E-state index contributed by atoms with van der Waals surface area (Å²) in [5.74, 6) is -1.59. The van der Waals surface area contributed by atoms with Crippen LogP contribution in [0.5, 0.6) is 0 Å². The number of epoxide rings is 1. The molecule has 2 aliphatic heterocycles. The van der Waals surface area contributed by atoms with E-state index in [9.17, 15) is 19.8 Å². The largest absolute Gasteiger partial charge is 0.382 e. The van der Waals surface area contributed by atoms with Crippen LogP contribution < -0.4 is 5.32 Å². The average Bonchev–Trinajstić information content (AvgIpc) is 3.15. The Balaban J connectivity index is 2.09. The second-order valence-electron chi connectivity index (χ2n) is 7.08. The zero-order valence-electron chi connectivity index (χ0n) is 13.8. The highest BCUT2D eigenvalue weighted by atomic mass is 16.6. The number of amides is 1. The van der Waals surface area contributed by atoms with Crippen LogP contribution in [0, 0.1) is 5.92 Å². The van der Waals surface area contributed by atoms with Gasteiger partial charge in [-0.15, -0.1) is 0 Å². The quantitative estimate of drug-likeness (QED) is 0.351. The van der Waals surface area contributed by atoms with E-state index in [1.807, 2.05) is 0 Å². The molecule has 2 rings (SSSR count). The Hall–Kier alpha value is -0.980. The summed E-state index contributed by atoms with van der Waals surface area (Å²) in [6.07, 6.45) is 3.12. The van der Waals surface area contributed by atoms with Crippen LogP contribution in [0.4, 0.5) is 0 Å². The predicted octanol–water partition coefficient (Wildman–Crippen LogP) is 0.889. The molecule has 2 saturated heterocycles. The topological polar surface area (TPSA) is 99.2 Å². The maximum absolute atomic E-state index is 12.7. The molecule has 6 nitrogen and oxygen atoms in total. The Morgan fingerprint density at radius 1 is 1.41 bits per heavy atom. The lowest BCUT2D eigenvalue weighted by Crippen LogP contribution is -2.52. The zero-order valence-corrected chi connectivity index (χ0v) is 13.8. The molecule has 0 aliphatic carbocycles. The van der Waals surface area contributed by atoms with Gasteiger partial charge in [0.05, 0.1) is 0 Å². The van der Waals surface area contributed by atoms with E-state index < -0.39 is 34.7 Å². The Morgan fingerprint density at radius 3 is 2.50 bits per heavy atom. The molecule has 0 aromatic rings. The molecule has 1 unspecified atom stereocenters. The lowest BCUT2D eigenvalue weighted by Gasteiger charge is -2.27. The highest BCUT2D eigenvalue weighted by Crippen LogP contribution is 2.52. The number of morpholine rings is 1. The van der Waals surface area contributed by atoms with Crippen molar-refractivity contribution in [2.24, 2.45) is 5.92 Å². The van der Waals surface area contributed by atoms with Crippen LogP contribution in [-0.4, -0.2) is 44.9 Å². The highest BCUT2D eigenvalue weighted by molar-refractivity contribution is 6.18. The van der Waals surface area contributed by atoms with Gasteiger partial charge in [0.2, 0.25) is 11.4 Å². The van der Waals surface area contributed by atoms with Gasteiger partial charge >= 0.3 is 0 Å². The monoisotopic (exact) mass is 313 g/mol. The summed E-state index contributed by atoms with van der Waals surface area (Å²) in [6.45, 7) is 6.99. The van der Waals surface area contributed by atoms with Crippen LogP contribution in [0.3, 0.4) is 0 Å². The van der Waals surface area contributed by atoms with E-state index in [0.717, 1.165) is 19.3 Å². The number of fused-ring (bicyclic) bond motifs is 1. The number of ether oxygens (including phenoxy) is 1. The predicted molar refractivity (Wildman–Crippen MR) is 79.9 cm³/mol. The van der Waals surface area contributed by atoms with Crippen molar-refractivity contribution in [2.75, 3.05) is 0 Å². The molecule has 0 radical (unpaired) electrons. The number of Topliss-reactive ketones (excluding diaryl/α,β-unsaturated/α-hetero) is 1. The molecule has 0 spiro atoms. The minimum absolute atomic E-state index is 0.289. The summed E-state index contributed by atoms with van der Waals surface area (Å²) in [4.78, 5) is 24.9. The van der Waals surface area contributed by atoms with Gasteiger partial charge in [0.25, 0.3) is 5.91 Å². The van der Waals surface area contributed by atoms with Crippen LogP contribution in [0.15, 0.2) is 0 Å². The van der Waals surface area contributed by atoms with Crippen molar-refractivity contribution in [3.63, 3.8) is 0 Å². The summed E-state index contributed by atoms with van der Waals surface area (Å²) in [7, 11) is 0. The molecule has 6 heteroatoms. The third kappa shape index (κ3) is 2.47. The van der Waals surface area contributed by atoms with Crippen LogP contribution in [-0.2, 0) is 14.3 Å². The van der Waals surface area contributed by atoms with Crippen molar-refractivity contribution in [3.05, 3.63) is 0 Å². The Labute approximate surface area is 131 Å². The van der Waals surface area contributed by atoms with Gasteiger partial charge in [-0.05, 0) is 13.3 Å². The Bertz CT molecular complexity index is 475. The molecule has 3 N–H and O–H groups in total. The fraction of sp³-hybridized carbons (Fsp3) is 0.875. The zero-order chi connectivity index (χ0) is 16.8. The number of carbonyl (C=O) groups is 2. The lowest BCUT2D eigenvalue weighted by atomic mass is 9.82. The molecular weight excluding hydrogens is 286 g/mol. The molecular formula is C16H27NO5.